The van der Waals surface area contributed by atoms with Gasteiger partial charge in [0.15, 0.2) is 0 Å². The first-order valence-corrected chi connectivity index (χ1v) is 7.88. The first kappa shape index (κ1) is 14.9. The molecule has 0 aromatic carbocycles. The van der Waals surface area contributed by atoms with E-state index < -0.39 is 0 Å². The molecule has 0 spiro atoms. The van der Waals surface area contributed by atoms with Gasteiger partial charge >= 0.3 is 0 Å². The van der Waals surface area contributed by atoms with E-state index in [-0.39, 0.29) is 11.7 Å². The monoisotopic (exact) mass is 330 g/mol. The largest absolute Gasteiger partial charge is 0.369 e. The molecule has 108 valence electrons. The third-order valence-corrected chi connectivity index (χ3v) is 3.95. The fourth-order valence-corrected chi connectivity index (χ4v) is 2.97. The first-order valence-electron chi connectivity index (χ1n) is 6.76. The third-order valence-electron chi connectivity index (χ3n) is 3.23. The minimum absolute atomic E-state index is 0.112. The summed E-state index contributed by atoms with van der Waals surface area (Å²) in [5.41, 5.74) is -0.112. The summed E-state index contributed by atoms with van der Waals surface area (Å²) < 4.78 is 8.01. The SMILES string of the molecule is CC(C)n1ncnc1CN1CC(CBr)OC(C)(C)C1. The lowest BCUT2D eigenvalue weighted by Gasteiger charge is -2.42. The molecule has 1 atom stereocenters. The Morgan fingerprint density at radius 1 is 1.53 bits per heavy atom. The Bertz CT molecular complexity index is 419. The van der Waals surface area contributed by atoms with Gasteiger partial charge in [-0.05, 0) is 27.7 Å². The molecule has 1 aromatic rings. The molecule has 2 heterocycles. The molecule has 0 amide bonds. The van der Waals surface area contributed by atoms with E-state index in [0.29, 0.717) is 6.04 Å². The number of hydrogen-bond donors (Lipinski definition) is 0. The van der Waals surface area contributed by atoms with Crippen LogP contribution in [-0.4, -0.2) is 49.8 Å². The fraction of sp³-hybridized carbons (Fsp3) is 0.846. The van der Waals surface area contributed by atoms with Gasteiger partial charge in [0, 0.05) is 24.5 Å². The molecule has 1 saturated heterocycles. The van der Waals surface area contributed by atoms with Crippen molar-refractivity contribution in [1.29, 1.82) is 0 Å². The molecule has 0 saturated carbocycles. The Morgan fingerprint density at radius 2 is 2.26 bits per heavy atom. The maximum Gasteiger partial charge on any atom is 0.141 e. The number of morpholine rings is 1. The summed E-state index contributed by atoms with van der Waals surface area (Å²) in [6.45, 7) is 11.2. The predicted molar refractivity (Wildman–Crippen MR) is 78.4 cm³/mol. The number of aromatic nitrogens is 3. The number of nitrogens with zero attached hydrogens (tertiary/aromatic N) is 4. The van der Waals surface area contributed by atoms with E-state index in [1.807, 2.05) is 4.68 Å². The van der Waals surface area contributed by atoms with Crippen LogP contribution in [0, 0.1) is 0 Å². The maximum atomic E-state index is 6.02. The molecular formula is C13H23BrN4O. The Hall–Kier alpha value is -0.460. The second-order valence-electron chi connectivity index (χ2n) is 6.04. The summed E-state index contributed by atoms with van der Waals surface area (Å²) >= 11 is 3.52. The fourth-order valence-electron chi connectivity index (χ4n) is 2.64. The highest BCUT2D eigenvalue weighted by molar-refractivity contribution is 9.09. The molecule has 19 heavy (non-hydrogen) atoms. The molecule has 0 aliphatic carbocycles. The smallest absolute Gasteiger partial charge is 0.141 e. The van der Waals surface area contributed by atoms with Crippen LogP contribution in [0.3, 0.4) is 0 Å². The summed E-state index contributed by atoms with van der Waals surface area (Å²) in [5.74, 6) is 1.03. The number of alkyl halides is 1. The zero-order valence-corrected chi connectivity index (χ0v) is 13.7. The predicted octanol–water partition coefficient (Wildman–Crippen LogP) is 2.23. The van der Waals surface area contributed by atoms with Gasteiger partial charge in [0.2, 0.25) is 0 Å². The van der Waals surface area contributed by atoms with Crippen molar-refractivity contribution in [3.8, 4) is 0 Å². The molecular weight excluding hydrogens is 308 g/mol. The van der Waals surface area contributed by atoms with Gasteiger partial charge in [-0.25, -0.2) is 9.67 Å². The second-order valence-corrected chi connectivity index (χ2v) is 6.69. The van der Waals surface area contributed by atoms with Gasteiger partial charge in [0.25, 0.3) is 0 Å². The van der Waals surface area contributed by atoms with Crippen molar-refractivity contribution in [3.05, 3.63) is 12.2 Å². The maximum absolute atomic E-state index is 6.02. The van der Waals surface area contributed by atoms with Gasteiger partial charge < -0.3 is 4.74 Å². The van der Waals surface area contributed by atoms with Crippen molar-refractivity contribution in [1.82, 2.24) is 19.7 Å². The number of ether oxygens (including phenoxy) is 1. The van der Waals surface area contributed by atoms with Crippen LogP contribution in [0.15, 0.2) is 6.33 Å². The zero-order chi connectivity index (χ0) is 14.0. The average molecular weight is 331 g/mol. The van der Waals surface area contributed by atoms with Crippen LogP contribution < -0.4 is 0 Å². The van der Waals surface area contributed by atoms with E-state index in [1.54, 1.807) is 6.33 Å². The summed E-state index contributed by atoms with van der Waals surface area (Å²) in [6, 6.07) is 0.346. The highest BCUT2D eigenvalue weighted by Crippen LogP contribution is 2.23. The van der Waals surface area contributed by atoms with Crippen LogP contribution in [0.25, 0.3) is 0 Å². The van der Waals surface area contributed by atoms with Crippen molar-refractivity contribution >= 4 is 15.9 Å². The summed E-state index contributed by atoms with van der Waals surface area (Å²) in [7, 11) is 0. The number of hydrogen-bond acceptors (Lipinski definition) is 4. The highest BCUT2D eigenvalue weighted by Gasteiger charge is 2.33. The Morgan fingerprint density at radius 3 is 2.89 bits per heavy atom. The highest BCUT2D eigenvalue weighted by atomic mass is 79.9. The van der Waals surface area contributed by atoms with E-state index >= 15 is 0 Å². The second kappa shape index (κ2) is 5.89. The summed E-state index contributed by atoms with van der Waals surface area (Å²) in [6.07, 6.45) is 1.88. The van der Waals surface area contributed by atoms with Crippen molar-refractivity contribution in [3.63, 3.8) is 0 Å². The van der Waals surface area contributed by atoms with E-state index in [9.17, 15) is 0 Å². The number of halogens is 1. The molecule has 1 aliphatic heterocycles. The molecule has 0 N–H and O–H groups in total. The van der Waals surface area contributed by atoms with Crippen LogP contribution >= 0.6 is 15.9 Å². The lowest BCUT2D eigenvalue weighted by atomic mass is 10.1. The molecule has 1 fully saturated rings. The topological polar surface area (TPSA) is 43.2 Å². The third kappa shape index (κ3) is 3.77. The van der Waals surface area contributed by atoms with Gasteiger partial charge in [-0.15, -0.1) is 0 Å². The summed E-state index contributed by atoms with van der Waals surface area (Å²) in [5, 5.41) is 5.16. The van der Waals surface area contributed by atoms with Gasteiger partial charge in [0.1, 0.15) is 12.2 Å². The van der Waals surface area contributed by atoms with Crippen molar-refractivity contribution in [2.75, 3.05) is 18.4 Å². The van der Waals surface area contributed by atoms with Crippen LogP contribution in [-0.2, 0) is 11.3 Å². The van der Waals surface area contributed by atoms with Crippen LogP contribution in [0.2, 0.25) is 0 Å². The normalized spacial score (nSPS) is 24.0. The quantitative estimate of drug-likeness (QED) is 0.794. The molecule has 5 nitrogen and oxygen atoms in total. The number of rotatable bonds is 4. The Kier molecular flexibility index (Phi) is 4.63. The molecule has 1 aliphatic rings. The summed E-state index contributed by atoms with van der Waals surface area (Å²) in [4.78, 5) is 6.79. The Labute approximate surface area is 123 Å². The zero-order valence-electron chi connectivity index (χ0n) is 12.1. The van der Waals surface area contributed by atoms with E-state index in [0.717, 1.165) is 30.8 Å². The Balaban J connectivity index is 2.07. The van der Waals surface area contributed by atoms with E-state index in [4.69, 9.17) is 4.74 Å². The van der Waals surface area contributed by atoms with Gasteiger partial charge in [0.05, 0.1) is 18.2 Å². The van der Waals surface area contributed by atoms with Gasteiger partial charge in [-0.2, -0.15) is 5.10 Å². The minimum Gasteiger partial charge on any atom is -0.369 e. The van der Waals surface area contributed by atoms with Crippen LogP contribution in [0.5, 0.6) is 0 Å². The molecule has 0 radical (unpaired) electrons. The van der Waals surface area contributed by atoms with Crippen molar-refractivity contribution in [2.45, 2.75) is 52.0 Å². The van der Waals surface area contributed by atoms with Crippen molar-refractivity contribution < 1.29 is 4.74 Å². The molecule has 6 heteroatoms. The van der Waals surface area contributed by atoms with Gasteiger partial charge in [-0.3, -0.25) is 4.90 Å². The van der Waals surface area contributed by atoms with Crippen LogP contribution in [0.1, 0.15) is 39.6 Å². The average Bonchev–Trinajstić information content (AvgIpc) is 2.75. The first-order chi connectivity index (χ1) is 8.91. The minimum atomic E-state index is -0.112. The standard InChI is InChI=1S/C13H23BrN4O/c1-10(2)18-12(15-9-16-18)7-17-6-11(5-14)19-13(3,4)8-17/h9-11H,5-8H2,1-4H3. The lowest BCUT2D eigenvalue weighted by molar-refractivity contribution is -0.129. The molecule has 1 aromatic heterocycles. The van der Waals surface area contributed by atoms with Gasteiger partial charge in [-0.1, -0.05) is 15.9 Å². The molecule has 1 unspecified atom stereocenters. The van der Waals surface area contributed by atoms with Crippen LogP contribution in [0.4, 0.5) is 0 Å². The molecule has 2 rings (SSSR count). The molecule has 0 bridgehead atoms. The van der Waals surface area contributed by atoms with E-state index in [2.05, 4.69) is 58.6 Å². The van der Waals surface area contributed by atoms with E-state index in [1.165, 1.54) is 0 Å². The van der Waals surface area contributed by atoms with Crippen molar-refractivity contribution in [2.24, 2.45) is 0 Å². The lowest BCUT2D eigenvalue weighted by Crippen LogP contribution is -2.53.